The second kappa shape index (κ2) is 8.60. The molecule has 136 valence electrons. The highest BCUT2D eigenvalue weighted by atomic mass is 79.9. The first kappa shape index (κ1) is 18.8. The van der Waals surface area contributed by atoms with Crippen molar-refractivity contribution in [1.29, 1.82) is 0 Å². The number of pyridine rings is 1. The van der Waals surface area contributed by atoms with Crippen LogP contribution < -0.4 is 4.74 Å². The summed E-state index contributed by atoms with van der Waals surface area (Å²) >= 11 is 3.41. The average molecular weight is 426 g/mol. The molecule has 0 spiro atoms. The SMILES string of the molecule is COc1ccc(C(=O)OCC(=O)c2ccc(-c3ccc(Br)cc3)cc2)cn1. The Bertz CT molecular complexity index is 935. The van der Waals surface area contributed by atoms with Crippen molar-refractivity contribution in [3.63, 3.8) is 0 Å². The molecule has 1 heterocycles. The van der Waals surface area contributed by atoms with Gasteiger partial charge in [-0.3, -0.25) is 4.79 Å². The molecule has 0 radical (unpaired) electrons. The van der Waals surface area contributed by atoms with E-state index in [0.717, 1.165) is 15.6 Å². The Hall–Kier alpha value is -2.99. The Kier molecular flexibility index (Phi) is 5.98. The van der Waals surface area contributed by atoms with Gasteiger partial charge in [0.2, 0.25) is 5.88 Å². The molecule has 3 aromatic rings. The standard InChI is InChI=1S/C21H16BrNO4/c1-26-20-11-8-17(12-23-20)21(25)27-13-19(24)16-4-2-14(3-5-16)15-6-9-18(22)10-7-15/h2-12H,13H2,1H3. The largest absolute Gasteiger partial charge is 0.481 e. The van der Waals surface area contributed by atoms with Crippen molar-refractivity contribution in [2.24, 2.45) is 0 Å². The minimum Gasteiger partial charge on any atom is -0.481 e. The lowest BCUT2D eigenvalue weighted by molar-refractivity contribution is 0.0474. The summed E-state index contributed by atoms with van der Waals surface area (Å²) in [6.45, 7) is -0.331. The van der Waals surface area contributed by atoms with E-state index in [4.69, 9.17) is 9.47 Å². The van der Waals surface area contributed by atoms with Gasteiger partial charge < -0.3 is 9.47 Å². The van der Waals surface area contributed by atoms with Gasteiger partial charge in [0.25, 0.3) is 0 Å². The van der Waals surface area contributed by atoms with Crippen molar-refractivity contribution >= 4 is 27.7 Å². The fourth-order valence-electron chi connectivity index (χ4n) is 2.41. The number of aromatic nitrogens is 1. The summed E-state index contributed by atoms with van der Waals surface area (Å²) in [6.07, 6.45) is 1.35. The molecule has 2 aromatic carbocycles. The third kappa shape index (κ3) is 4.80. The first-order valence-electron chi connectivity index (χ1n) is 8.13. The minimum absolute atomic E-state index is 0.259. The molecule has 3 rings (SSSR count). The molecule has 0 N–H and O–H groups in total. The van der Waals surface area contributed by atoms with Crippen LogP contribution in [0.2, 0.25) is 0 Å². The number of halogens is 1. The van der Waals surface area contributed by atoms with Crippen LogP contribution in [0.5, 0.6) is 5.88 Å². The highest BCUT2D eigenvalue weighted by molar-refractivity contribution is 9.10. The van der Waals surface area contributed by atoms with Crippen molar-refractivity contribution < 1.29 is 19.1 Å². The highest BCUT2D eigenvalue weighted by Gasteiger charge is 2.12. The highest BCUT2D eigenvalue weighted by Crippen LogP contribution is 2.22. The first-order valence-corrected chi connectivity index (χ1v) is 8.92. The first-order chi connectivity index (χ1) is 13.1. The zero-order valence-corrected chi connectivity index (χ0v) is 16.1. The van der Waals surface area contributed by atoms with Crippen LogP contribution in [-0.4, -0.2) is 30.5 Å². The molecule has 1 aromatic heterocycles. The number of benzene rings is 2. The van der Waals surface area contributed by atoms with Crippen molar-refractivity contribution in [3.8, 4) is 17.0 Å². The predicted octanol–water partition coefficient (Wildman–Crippen LogP) is 4.56. The number of methoxy groups -OCH3 is 1. The number of Topliss-reactive ketones (excluding diaryl/α,β-unsaturated/α-hetero) is 1. The summed E-state index contributed by atoms with van der Waals surface area (Å²) in [4.78, 5) is 28.2. The number of ketones is 1. The Balaban J connectivity index is 1.60. The normalized spacial score (nSPS) is 10.3. The van der Waals surface area contributed by atoms with Gasteiger partial charge in [-0.1, -0.05) is 52.3 Å². The van der Waals surface area contributed by atoms with Gasteiger partial charge in [-0.05, 0) is 29.3 Å². The van der Waals surface area contributed by atoms with Crippen LogP contribution in [0.3, 0.4) is 0 Å². The molecule has 6 heteroatoms. The maximum atomic E-state index is 12.3. The van der Waals surface area contributed by atoms with Crippen LogP contribution in [0.1, 0.15) is 20.7 Å². The summed E-state index contributed by atoms with van der Waals surface area (Å²) in [7, 11) is 1.49. The summed E-state index contributed by atoms with van der Waals surface area (Å²) in [5, 5.41) is 0. The van der Waals surface area contributed by atoms with Gasteiger partial charge in [0, 0.05) is 22.3 Å². The van der Waals surface area contributed by atoms with Crippen LogP contribution in [0.25, 0.3) is 11.1 Å². The molecular formula is C21H16BrNO4. The van der Waals surface area contributed by atoms with E-state index in [0.29, 0.717) is 11.4 Å². The lowest BCUT2D eigenvalue weighted by Crippen LogP contribution is -2.14. The van der Waals surface area contributed by atoms with Crippen LogP contribution in [0.15, 0.2) is 71.3 Å². The molecule has 0 bridgehead atoms. The smallest absolute Gasteiger partial charge is 0.340 e. The fourth-order valence-corrected chi connectivity index (χ4v) is 2.67. The number of hydrogen-bond acceptors (Lipinski definition) is 5. The number of esters is 1. The van der Waals surface area contributed by atoms with Gasteiger partial charge in [0.15, 0.2) is 12.4 Å². The van der Waals surface area contributed by atoms with Crippen molar-refractivity contribution in [3.05, 3.63) is 82.5 Å². The molecule has 0 aliphatic heterocycles. The van der Waals surface area contributed by atoms with E-state index in [1.807, 2.05) is 36.4 Å². The summed E-state index contributed by atoms with van der Waals surface area (Å²) in [6, 6.07) is 18.2. The van der Waals surface area contributed by atoms with E-state index >= 15 is 0 Å². The Labute approximate surface area is 165 Å². The van der Waals surface area contributed by atoms with Gasteiger partial charge in [0.05, 0.1) is 12.7 Å². The van der Waals surface area contributed by atoms with Crippen molar-refractivity contribution in [1.82, 2.24) is 4.98 Å². The van der Waals surface area contributed by atoms with Crippen LogP contribution in [0.4, 0.5) is 0 Å². The van der Waals surface area contributed by atoms with E-state index in [1.54, 1.807) is 18.2 Å². The average Bonchev–Trinajstić information content (AvgIpc) is 2.72. The van der Waals surface area contributed by atoms with E-state index in [2.05, 4.69) is 20.9 Å². The quantitative estimate of drug-likeness (QED) is 0.427. The number of hydrogen-bond donors (Lipinski definition) is 0. The van der Waals surface area contributed by atoms with Crippen LogP contribution >= 0.6 is 15.9 Å². The van der Waals surface area contributed by atoms with Crippen LogP contribution in [-0.2, 0) is 4.74 Å². The van der Waals surface area contributed by atoms with E-state index in [1.165, 1.54) is 19.4 Å². The van der Waals surface area contributed by atoms with Crippen LogP contribution in [0, 0.1) is 0 Å². The molecule has 27 heavy (non-hydrogen) atoms. The monoisotopic (exact) mass is 425 g/mol. The van der Waals surface area contributed by atoms with Gasteiger partial charge in [-0.25, -0.2) is 9.78 Å². The minimum atomic E-state index is -0.606. The number of ether oxygens (including phenoxy) is 2. The molecule has 0 saturated carbocycles. The molecule has 0 amide bonds. The molecule has 5 nitrogen and oxygen atoms in total. The van der Waals surface area contributed by atoms with E-state index in [9.17, 15) is 9.59 Å². The summed E-state index contributed by atoms with van der Waals surface area (Å²) in [5.41, 5.74) is 2.79. The topological polar surface area (TPSA) is 65.5 Å². The van der Waals surface area contributed by atoms with E-state index < -0.39 is 5.97 Å². The Morgan fingerprint density at radius 3 is 2.04 bits per heavy atom. The van der Waals surface area contributed by atoms with E-state index in [-0.39, 0.29) is 18.0 Å². The van der Waals surface area contributed by atoms with Gasteiger partial charge in [-0.2, -0.15) is 0 Å². The number of carbonyl (C=O) groups excluding carboxylic acids is 2. The molecule has 0 saturated heterocycles. The zero-order valence-electron chi connectivity index (χ0n) is 14.5. The van der Waals surface area contributed by atoms with Crippen molar-refractivity contribution in [2.75, 3.05) is 13.7 Å². The maximum Gasteiger partial charge on any atom is 0.340 e. The summed E-state index contributed by atoms with van der Waals surface area (Å²) in [5.74, 6) is -0.481. The molecule has 0 fully saturated rings. The Morgan fingerprint density at radius 1 is 0.889 bits per heavy atom. The molecule has 0 aliphatic rings. The lowest BCUT2D eigenvalue weighted by Gasteiger charge is -2.06. The van der Waals surface area contributed by atoms with Gasteiger partial charge in [-0.15, -0.1) is 0 Å². The van der Waals surface area contributed by atoms with Crippen molar-refractivity contribution in [2.45, 2.75) is 0 Å². The van der Waals surface area contributed by atoms with Gasteiger partial charge >= 0.3 is 5.97 Å². The summed E-state index contributed by atoms with van der Waals surface area (Å²) < 4.78 is 11.0. The molecule has 0 unspecified atom stereocenters. The molecule has 0 atom stereocenters. The third-order valence-corrected chi connectivity index (χ3v) is 4.43. The van der Waals surface area contributed by atoms with Gasteiger partial charge in [0.1, 0.15) is 0 Å². The third-order valence-electron chi connectivity index (χ3n) is 3.90. The number of rotatable bonds is 6. The lowest BCUT2D eigenvalue weighted by atomic mass is 10.0. The number of nitrogens with zero attached hydrogens (tertiary/aromatic N) is 1. The second-order valence-electron chi connectivity index (χ2n) is 5.67. The maximum absolute atomic E-state index is 12.3. The molecule has 0 aliphatic carbocycles. The second-order valence-corrected chi connectivity index (χ2v) is 6.59. The fraction of sp³-hybridized carbons (Fsp3) is 0.0952. The molecular weight excluding hydrogens is 410 g/mol. The zero-order chi connectivity index (χ0) is 19.2. The Morgan fingerprint density at radius 2 is 1.48 bits per heavy atom. The predicted molar refractivity (Wildman–Crippen MR) is 105 cm³/mol. The number of carbonyl (C=O) groups is 2.